The molecule has 0 saturated carbocycles. The highest BCUT2D eigenvalue weighted by atomic mass is 35.5. The lowest BCUT2D eigenvalue weighted by Gasteiger charge is -2.16. The number of carbonyl (C=O) groups is 3. The van der Waals surface area contributed by atoms with Crippen LogP contribution in [-0.4, -0.2) is 17.7 Å². The first-order valence-electron chi connectivity index (χ1n) is 9.83. The van der Waals surface area contributed by atoms with Crippen LogP contribution in [0.25, 0.3) is 0 Å². The summed E-state index contributed by atoms with van der Waals surface area (Å²) in [5.74, 6) is -1.70. The second kappa shape index (κ2) is 9.68. The van der Waals surface area contributed by atoms with Gasteiger partial charge >= 0.3 is 0 Å². The number of imide groups is 1. The Morgan fingerprint density at radius 1 is 0.794 bits per heavy atom. The molecule has 34 heavy (non-hydrogen) atoms. The molecule has 3 aromatic carbocycles. The average molecular weight is 535 g/mol. The third kappa shape index (κ3) is 4.91. The Labute approximate surface area is 215 Å². The van der Waals surface area contributed by atoms with Crippen LogP contribution in [0, 0.1) is 6.92 Å². The van der Waals surface area contributed by atoms with Crippen molar-refractivity contribution in [3.8, 4) is 0 Å². The molecule has 3 amide bonds. The van der Waals surface area contributed by atoms with E-state index in [1.807, 2.05) is 13.0 Å². The number of hydrogen-bond donors (Lipinski definition) is 2. The Hall–Kier alpha value is -3.03. The van der Waals surface area contributed by atoms with Gasteiger partial charge in [0.25, 0.3) is 17.7 Å². The first-order chi connectivity index (χ1) is 16.1. The molecule has 0 unspecified atom stereocenters. The van der Waals surface area contributed by atoms with Gasteiger partial charge in [0, 0.05) is 32.0 Å². The average Bonchev–Trinajstić information content (AvgIpc) is 2.99. The number of amides is 3. The first-order valence-corrected chi connectivity index (χ1v) is 11.3. The van der Waals surface area contributed by atoms with E-state index in [1.54, 1.807) is 36.4 Å². The molecule has 3 aromatic rings. The number of hydrogen-bond acceptors (Lipinski definition) is 4. The summed E-state index contributed by atoms with van der Waals surface area (Å²) in [4.78, 5) is 39.0. The summed E-state index contributed by atoms with van der Waals surface area (Å²) < 4.78 is 0. The van der Waals surface area contributed by atoms with Gasteiger partial charge in [0.15, 0.2) is 0 Å². The molecule has 0 spiro atoms. The van der Waals surface area contributed by atoms with Crippen LogP contribution >= 0.6 is 46.4 Å². The van der Waals surface area contributed by atoms with Gasteiger partial charge in [0.05, 0.1) is 5.69 Å². The number of carbonyl (C=O) groups excluding carboxylic acids is 3. The smallest absolute Gasteiger partial charge is 0.283 e. The molecule has 10 heteroatoms. The molecular formula is C24H15Cl4N3O3. The third-order valence-electron chi connectivity index (χ3n) is 4.98. The van der Waals surface area contributed by atoms with E-state index in [2.05, 4.69) is 10.6 Å². The minimum absolute atomic E-state index is 0.103. The van der Waals surface area contributed by atoms with Crippen LogP contribution in [-0.2, 0) is 9.59 Å². The van der Waals surface area contributed by atoms with Crippen LogP contribution in [0.2, 0.25) is 15.1 Å². The third-order valence-corrected chi connectivity index (χ3v) is 6.17. The number of halogens is 4. The molecule has 2 N–H and O–H groups in total. The Balaban J connectivity index is 1.49. The van der Waals surface area contributed by atoms with E-state index in [4.69, 9.17) is 46.4 Å². The zero-order valence-electron chi connectivity index (χ0n) is 17.5. The van der Waals surface area contributed by atoms with Crippen LogP contribution in [0.3, 0.4) is 0 Å². The van der Waals surface area contributed by atoms with Gasteiger partial charge in [0.2, 0.25) is 0 Å². The van der Waals surface area contributed by atoms with Crippen molar-refractivity contribution in [2.45, 2.75) is 6.92 Å². The van der Waals surface area contributed by atoms with E-state index in [0.717, 1.165) is 10.5 Å². The predicted molar refractivity (Wildman–Crippen MR) is 136 cm³/mol. The van der Waals surface area contributed by atoms with Gasteiger partial charge < -0.3 is 10.6 Å². The lowest BCUT2D eigenvalue weighted by molar-refractivity contribution is -0.120. The number of anilines is 3. The van der Waals surface area contributed by atoms with E-state index in [-0.39, 0.29) is 32.4 Å². The topological polar surface area (TPSA) is 78.5 Å². The van der Waals surface area contributed by atoms with Crippen molar-refractivity contribution < 1.29 is 14.4 Å². The Bertz CT molecular complexity index is 1350. The van der Waals surface area contributed by atoms with E-state index < -0.39 is 11.8 Å². The number of aryl methyl sites for hydroxylation is 1. The van der Waals surface area contributed by atoms with Crippen molar-refractivity contribution in [1.82, 2.24) is 0 Å². The maximum absolute atomic E-state index is 12.9. The fraction of sp³-hybridized carbons (Fsp3) is 0.0417. The molecule has 0 bridgehead atoms. The van der Waals surface area contributed by atoms with Gasteiger partial charge in [-0.3, -0.25) is 14.4 Å². The van der Waals surface area contributed by atoms with E-state index >= 15 is 0 Å². The number of nitrogens with zero attached hydrogens (tertiary/aromatic N) is 1. The van der Waals surface area contributed by atoms with Gasteiger partial charge in [-0.2, -0.15) is 0 Å². The SMILES string of the molecule is Cc1ccc(NC(=O)c2ccc(NC3=C(Cl)C(=O)N(c4cc(Cl)cc(Cl)c4)C3=O)cc2)cc1Cl. The second-order valence-corrected chi connectivity index (χ2v) is 9.04. The molecule has 0 aromatic heterocycles. The van der Waals surface area contributed by atoms with Gasteiger partial charge in [-0.15, -0.1) is 0 Å². The summed E-state index contributed by atoms with van der Waals surface area (Å²) in [6.45, 7) is 1.87. The highest BCUT2D eigenvalue weighted by Crippen LogP contribution is 2.33. The highest BCUT2D eigenvalue weighted by Gasteiger charge is 2.39. The van der Waals surface area contributed by atoms with Gasteiger partial charge in [-0.1, -0.05) is 52.5 Å². The molecule has 172 valence electrons. The summed E-state index contributed by atoms with van der Waals surface area (Å²) in [6, 6.07) is 15.9. The van der Waals surface area contributed by atoms with Crippen LogP contribution in [0.1, 0.15) is 15.9 Å². The van der Waals surface area contributed by atoms with Crippen molar-refractivity contribution in [2.24, 2.45) is 0 Å². The molecule has 1 aliphatic heterocycles. The molecule has 0 fully saturated rings. The van der Waals surface area contributed by atoms with Gasteiger partial charge in [0.1, 0.15) is 10.7 Å². The van der Waals surface area contributed by atoms with Crippen LogP contribution in [0.15, 0.2) is 71.4 Å². The number of nitrogens with one attached hydrogen (secondary N) is 2. The van der Waals surface area contributed by atoms with Gasteiger partial charge in [-0.05, 0) is 67.1 Å². The van der Waals surface area contributed by atoms with Crippen molar-refractivity contribution in [3.63, 3.8) is 0 Å². The second-order valence-electron chi connectivity index (χ2n) is 7.38. The van der Waals surface area contributed by atoms with Gasteiger partial charge in [-0.25, -0.2) is 4.90 Å². The van der Waals surface area contributed by atoms with Crippen molar-refractivity contribution in [2.75, 3.05) is 15.5 Å². The minimum Gasteiger partial charge on any atom is -0.350 e. The molecule has 1 heterocycles. The van der Waals surface area contributed by atoms with Crippen LogP contribution < -0.4 is 15.5 Å². The summed E-state index contributed by atoms with van der Waals surface area (Å²) in [7, 11) is 0. The highest BCUT2D eigenvalue weighted by molar-refractivity contribution is 6.53. The maximum atomic E-state index is 12.9. The molecule has 0 aliphatic carbocycles. The summed E-state index contributed by atoms with van der Waals surface area (Å²) in [6.07, 6.45) is 0. The minimum atomic E-state index is -0.708. The van der Waals surface area contributed by atoms with Crippen molar-refractivity contribution in [1.29, 1.82) is 0 Å². The summed E-state index contributed by atoms with van der Waals surface area (Å²) in [5.41, 5.74) is 2.40. The van der Waals surface area contributed by atoms with Crippen molar-refractivity contribution >= 4 is 81.2 Å². The van der Waals surface area contributed by atoms with E-state index in [1.165, 1.54) is 18.2 Å². The Morgan fingerprint density at radius 2 is 1.41 bits per heavy atom. The van der Waals surface area contributed by atoms with Crippen molar-refractivity contribution in [3.05, 3.63) is 97.6 Å². The molecule has 0 radical (unpaired) electrons. The largest absolute Gasteiger partial charge is 0.350 e. The quantitative estimate of drug-likeness (QED) is 0.359. The predicted octanol–water partition coefficient (Wildman–Crippen LogP) is 6.64. The lowest BCUT2D eigenvalue weighted by atomic mass is 10.1. The van der Waals surface area contributed by atoms with Crippen LogP contribution in [0.5, 0.6) is 0 Å². The fourth-order valence-electron chi connectivity index (χ4n) is 3.24. The zero-order chi connectivity index (χ0) is 24.6. The monoisotopic (exact) mass is 533 g/mol. The fourth-order valence-corrected chi connectivity index (χ4v) is 4.15. The Kier molecular flexibility index (Phi) is 6.86. The zero-order valence-corrected chi connectivity index (χ0v) is 20.5. The number of benzene rings is 3. The first kappa shape index (κ1) is 24.1. The maximum Gasteiger partial charge on any atom is 0.283 e. The normalized spacial score (nSPS) is 13.5. The van der Waals surface area contributed by atoms with E-state index in [9.17, 15) is 14.4 Å². The molecule has 1 aliphatic rings. The molecule has 4 rings (SSSR count). The van der Waals surface area contributed by atoms with Crippen LogP contribution in [0.4, 0.5) is 17.1 Å². The molecule has 0 saturated heterocycles. The lowest BCUT2D eigenvalue weighted by Crippen LogP contribution is -2.32. The molecular weight excluding hydrogens is 520 g/mol. The van der Waals surface area contributed by atoms with E-state index in [0.29, 0.717) is 22.0 Å². The summed E-state index contributed by atoms with van der Waals surface area (Å²) >= 11 is 24.3. The summed E-state index contributed by atoms with van der Waals surface area (Å²) in [5, 5.41) is 6.42. The number of rotatable bonds is 5. The molecule has 0 atom stereocenters. The Morgan fingerprint density at radius 3 is 2.03 bits per heavy atom. The standard InChI is InChI=1S/C24H15Cl4N3O3/c1-12-2-5-17(11-19(12)27)30-22(32)13-3-6-16(7-4-13)29-21-20(28)23(33)31(24(21)34)18-9-14(25)8-15(26)10-18/h2-11,29H,1H3,(H,30,32). The molecule has 6 nitrogen and oxygen atoms in total.